The molecule has 0 radical (unpaired) electrons. The number of nitriles is 1. The number of hydrogen-bond acceptors (Lipinski definition) is 4. The number of fused-ring (bicyclic) bond motifs is 1. The summed E-state index contributed by atoms with van der Waals surface area (Å²) in [6.45, 7) is 5.11. The number of rotatable bonds is 6. The van der Waals surface area contributed by atoms with E-state index in [1.807, 2.05) is 19.2 Å². The lowest BCUT2D eigenvalue weighted by atomic mass is 9.99. The highest BCUT2D eigenvalue weighted by molar-refractivity contribution is 7.87. The van der Waals surface area contributed by atoms with Crippen LogP contribution in [0.2, 0.25) is 0 Å². The van der Waals surface area contributed by atoms with Gasteiger partial charge in [0.15, 0.2) is 0 Å². The van der Waals surface area contributed by atoms with Crippen molar-refractivity contribution in [2.75, 3.05) is 20.1 Å². The third kappa shape index (κ3) is 3.85. The van der Waals surface area contributed by atoms with Gasteiger partial charge in [0.05, 0.1) is 17.7 Å². The van der Waals surface area contributed by atoms with E-state index < -0.39 is 10.2 Å². The zero-order valence-electron chi connectivity index (χ0n) is 13.3. The number of aromatic nitrogens is 2. The number of imidazole rings is 1. The molecule has 0 unspecified atom stereocenters. The lowest BCUT2D eigenvalue weighted by Crippen LogP contribution is -2.42. The summed E-state index contributed by atoms with van der Waals surface area (Å²) >= 11 is 0. The molecule has 1 aromatic heterocycles. The number of nitrogens with zero attached hydrogens (tertiary/aromatic N) is 4. The van der Waals surface area contributed by atoms with Gasteiger partial charge in [0.2, 0.25) is 0 Å². The largest absolute Gasteiger partial charge is 0.334 e. The van der Waals surface area contributed by atoms with Crippen LogP contribution in [0.1, 0.15) is 37.2 Å². The predicted molar refractivity (Wildman–Crippen MR) is 83.3 cm³/mol. The molecule has 0 saturated carbocycles. The molecular weight excluding hydrogens is 302 g/mol. The molecule has 22 heavy (non-hydrogen) atoms. The van der Waals surface area contributed by atoms with Gasteiger partial charge in [0, 0.05) is 38.8 Å². The van der Waals surface area contributed by atoms with Crippen LogP contribution in [0.25, 0.3) is 0 Å². The van der Waals surface area contributed by atoms with Crippen molar-refractivity contribution in [1.82, 2.24) is 18.6 Å². The van der Waals surface area contributed by atoms with Gasteiger partial charge in [-0.1, -0.05) is 0 Å². The van der Waals surface area contributed by atoms with Crippen LogP contribution in [-0.4, -0.2) is 42.4 Å². The Morgan fingerprint density at radius 2 is 2.36 bits per heavy atom. The summed E-state index contributed by atoms with van der Waals surface area (Å²) in [4.78, 5) is 4.51. The maximum Gasteiger partial charge on any atom is 0.279 e. The first kappa shape index (κ1) is 16.9. The van der Waals surface area contributed by atoms with E-state index in [-0.39, 0.29) is 18.4 Å². The molecular formula is C14H23N5O2S. The van der Waals surface area contributed by atoms with Gasteiger partial charge in [0.25, 0.3) is 10.2 Å². The molecule has 0 amide bonds. The van der Waals surface area contributed by atoms with Gasteiger partial charge in [-0.2, -0.15) is 18.0 Å². The Hall–Kier alpha value is -1.43. The van der Waals surface area contributed by atoms with Crippen LogP contribution in [0.15, 0.2) is 6.20 Å². The minimum absolute atomic E-state index is 0.0963. The average molecular weight is 325 g/mol. The quantitative estimate of drug-likeness (QED) is 0.844. The first-order valence-corrected chi connectivity index (χ1v) is 8.91. The summed E-state index contributed by atoms with van der Waals surface area (Å²) < 4.78 is 30.4. The van der Waals surface area contributed by atoms with Gasteiger partial charge in [-0.25, -0.2) is 9.71 Å². The highest BCUT2D eigenvalue weighted by atomic mass is 32.2. The van der Waals surface area contributed by atoms with Crippen LogP contribution in [0.3, 0.4) is 0 Å². The molecule has 2 heterocycles. The molecule has 1 aromatic rings. The molecule has 8 heteroatoms. The molecule has 1 N–H and O–H groups in total. The Labute approximate surface area is 132 Å². The van der Waals surface area contributed by atoms with Gasteiger partial charge in [-0.05, 0) is 26.7 Å². The summed E-state index contributed by atoms with van der Waals surface area (Å²) in [6, 6.07) is 2.04. The molecule has 0 bridgehead atoms. The van der Waals surface area contributed by atoms with Gasteiger partial charge >= 0.3 is 0 Å². The van der Waals surface area contributed by atoms with Gasteiger partial charge < -0.3 is 4.57 Å². The topological polar surface area (TPSA) is 91.0 Å². The Morgan fingerprint density at radius 1 is 1.64 bits per heavy atom. The number of aryl methyl sites for hydroxylation is 2. The van der Waals surface area contributed by atoms with Gasteiger partial charge in [-0.15, -0.1) is 0 Å². The third-order valence-corrected chi connectivity index (χ3v) is 5.42. The monoisotopic (exact) mass is 325 g/mol. The van der Waals surface area contributed by atoms with Crippen molar-refractivity contribution in [2.45, 2.75) is 39.2 Å². The summed E-state index contributed by atoms with van der Waals surface area (Å²) in [5.41, 5.74) is 0.963. The zero-order chi connectivity index (χ0) is 16.3. The predicted octanol–water partition coefficient (Wildman–Crippen LogP) is 0.995. The van der Waals surface area contributed by atoms with E-state index in [0.29, 0.717) is 6.54 Å². The second-order valence-electron chi connectivity index (χ2n) is 5.94. The molecule has 122 valence electrons. The lowest BCUT2D eigenvalue weighted by Gasteiger charge is -2.25. The summed E-state index contributed by atoms with van der Waals surface area (Å²) in [7, 11) is -2.08. The van der Waals surface area contributed by atoms with Crippen molar-refractivity contribution >= 4 is 10.2 Å². The second-order valence-corrected chi connectivity index (χ2v) is 7.80. The van der Waals surface area contributed by atoms with Crippen LogP contribution in [0, 0.1) is 24.2 Å². The first-order valence-electron chi connectivity index (χ1n) is 7.47. The van der Waals surface area contributed by atoms with E-state index in [1.165, 1.54) is 11.4 Å². The molecule has 7 nitrogen and oxygen atoms in total. The van der Waals surface area contributed by atoms with E-state index >= 15 is 0 Å². The fourth-order valence-electron chi connectivity index (χ4n) is 2.74. The number of nitrogens with one attached hydrogen (secondary N) is 1. The highest BCUT2D eigenvalue weighted by Crippen LogP contribution is 2.26. The molecule has 1 aliphatic heterocycles. The summed E-state index contributed by atoms with van der Waals surface area (Å²) in [5.74, 6) is 0.719. The van der Waals surface area contributed by atoms with E-state index in [9.17, 15) is 8.42 Å². The SMILES string of the molecule is Cc1cn2c(n1)[C@H](CNS(=O)(=O)N(C)C[C@@H](C)C#N)CCC2. The Morgan fingerprint density at radius 3 is 3.05 bits per heavy atom. The minimum Gasteiger partial charge on any atom is -0.334 e. The fraction of sp³-hybridized carbons (Fsp3) is 0.714. The van der Waals surface area contributed by atoms with Gasteiger partial charge in [0.1, 0.15) is 5.82 Å². The maximum absolute atomic E-state index is 12.2. The van der Waals surface area contributed by atoms with E-state index in [4.69, 9.17) is 5.26 Å². The molecule has 2 rings (SSSR count). The van der Waals surface area contributed by atoms with E-state index in [0.717, 1.165) is 30.9 Å². The van der Waals surface area contributed by atoms with Crippen LogP contribution in [0.5, 0.6) is 0 Å². The normalized spacial score (nSPS) is 19.7. The van der Waals surface area contributed by atoms with E-state index in [2.05, 4.69) is 14.3 Å². The Bertz CT molecular complexity index is 661. The second kappa shape index (κ2) is 6.77. The molecule has 0 saturated heterocycles. The molecule has 0 spiro atoms. The smallest absolute Gasteiger partial charge is 0.279 e. The fourth-order valence-corrected chi connectivity index (χ4v) is 3.79. The number of hydrogen-bond donors (Lipinski definition) is 1. The van der Waals surface area contributed by atoms with Crippen molar-refractivity contribution in [3.8, 4) is 6.07 Å². The average Bonchev–Trinajstić information content (AvgIpc) is 2.85. The first-order chi connectivity index (χ1) is 10.3. The minimum atomic E-state index is -3.57. The Balaban J connectivity index is 1.99. The molecule has 1 aliphatic rings. The van der Waals surface area contributed by atoms with Crippen LogP contribution < -0.4 is 4.72 Å². The van der Waals surface area contributed by atoms with Crippen molar-refractivity contribution < 1.29 is 8.42 Å². The summed E-state index contributed by atoms with van der Waals surface area (Å²) in [6.07, 6.45) is 3.96. The van der Waals surface area contributed by atoms with E-state index in [1.54, 1.807) is 6.92 Å². The van der Waals surface area contributed by atoms with Crippen molar-refractivity contribution in [2.24, 2.45) is 5.92 Å². The molecule has 0 aromatic carbocycles. The zero-order valence-corrected chi connectivity index (χ0v) is 14.1. The lowest BCUT2D eigenvalue weighted by molar-refractivity contribution is 0.411. The maximum atomic E-state index is 12.2. The van der Waals surface area contributed by atoms with Crippen molar-refractivity contribution in [1.29, 1.82) is 5.26 Å². The summed E-state index contributed by atoms with van der Waals surface area (Å²) in [5, 5.41) is 8.79. The van der Waals surface area contributed by atoms with Crippen LogP contribution >= 0.6 is 0 Å². The van der Waals surface area contributed by atoms with Crippen molar-refractivity contribution in [3.63, 3.8) is 0 Å². The Kier molecular flexibility index (Phi) is 5.21. The van der Waals surface area contributed by atoms with Crippen molar-refractivity contribution in [3.05, 3.63) is 17.7 Å². The molecule has 0 fully saturated rings. The molecule has 2 atom stereocenters. The van der Waals surface area contributed by atoms with Crippen LogP contribution in [-0.2, 0) is 16.8 Å². The highest BCUT2D eigenvalue weighted by Gasteiger charge is 2.26. The standard InChI is InChI=1S/C14H23N5O2S/c1-11(7-15)9-18(3)22(20,21)16-8-13-5-4-6-19-10-12(2)17-14(13)19/h10-11,13,16H,4-6,8-9H2,1-3H3/t11-,13-/m0/s1. The molecule has 0 aliphatic carbocycles. The van der Waals surface area contributed by atoms with Crippen LogP contribution in [0.4, 0.5) is 0 Å². The van der Waals surface area contributed by atoms with Gasteiger partial charge in [-0.3, -0.25) is 0 Å². The third-order valence-electron chi connectivity index (χ3n) is 3.92.